The molecule has 2 aliphatic rings. The molecule has 1 aromatic heterocycles. The lowest BCUT2D eigenvalue weighted by atomic mass is 10.1. The number of aromatic amines is 1. The number of rotatable bonds is 3. The minimum atomic E-state index is -4.38. The first-order valence-corrected chi connectivity index (χ1v) is 8.46. The van der Waals surface area contributed by atoms with Crippen molar-refractivity contribution in [1.82, 2.24) is 14.9 Å². The zero-order chi connectivity index (χ0) is 17.6. The van der Waals surface area contributed by atoms with E-state index in [0.717, 1.165) is 44.4 Å². The SMILES string of the molecule is O=C(C1CC1)N1CCC[C@@H]1c1ncc(-c2cccc(C(F)(F)F)c2)[nH]1. The lowest BCUT2D eigenvalue weighted by molar-refractivity contribution is -0.137. The van der Waals surface area contributed by atoms with Crippen molar-refractivity contribution in [3.63, 3.8) is 0 Å². The Morgan fingerprint density at radius 2 is 2.04 bits per heavy atom. The third kappa shape index (κ3) is 3.15. The number of likely N-dealkylation sites (tertiary alicyclic amines) is 1. The number of imidazole rings is 1. The maximum atomic E-state index is 12.9. The molecule has 1 saturated carbocycles. The van der Waals surface area contributed by atoms with E-state index in [2.05, 4.69) is 9.97 Å². The number of hydrogen-bond acceptors (Lipinski definition) is 2. The molecule has 0 bridgehead atoms. The summed E-state index contributed by atoms with van der Waals surface area (Å²) in [7, 11) is 0. The number of carbonyl (C=O) groups excluding carboxylic acids is 1. The predicted molar refractivity (Wildman–Crippen MR) is 85.4 cm³/mol. The van der Waals surface area contributed by atoms with Crippen LogP contribution < -0.4 is 0 Å². The lowest BCUT2D eigenvalue weighted by Crippen LogP contribution is -2.32. The van der Waals surface area contributed by atoms with E-state index < -0.39 is 11.7 Å². The van der Waals surface area contributed by atoms with Crippen LogP contribution in [0.4, 0.5) is 13.2 Å². The zero-order valence-electron chi connectivity index (χ0n) is 13.5. The number of H-pyrrole nitrogens is 1. The summed E-state index contributed by atoms with van der Waals surface area (Å²) in [6, 6.07) is 5.06. The number of benzene rings is 1. The van der Waals surface area contributed by atoms with Gasteiger partial charge >= 0.3 is 6.18 Å². The van der Waals surface area contributed by atoms with E-state index in [1.807, 2.05) is 4.90 Å². The van der Waals surface area contributed by atoms with Gasteiger partial charge in [-0.25, -0.2) is 4.98 Å². The predicted octanol–water partition coefficient (Wildman–Crippen LogP) is 4.17. The number of carbonyl (C=O) groups is 1. The second-order valence-corrected chi connectivity index (χ2v) is 6.72. The van der Waals surface area contributed by atoms with Gasteiger partial charge in [0.2, 0.25) is 5.91 Å². The molecule has 0 radical (unpaired) electrons. The molecule has 2 heterocycles. The van der Waals surface area contributed by atoms with E-state index in [1.54, 1.807) is 12.3 Å². The quantitative estimate of drug-likeness (QED) is 0.904. The fourth-order valence-electron chi connectivity index (χ4n) is 3.40. The summed E-state index contributed by atoms with van der Waals surface area (Å²) < 4.78 is 38.7. The Balaban J connectivity index is 1.59. The molecular weight excluding hydrogens is 331 g/mol. The van der Waals surface area contributed by atoms with Crippen molar-refractivity contribution in [3.8, 4) is 11.3 Å². The molecule has 7 heteroatoms. The van der Waals surface area contributed by atoms with Crippen LogP contribution in [0.1, 0.15) is 43.1 Å². The fraction of sp³-hybridized carbons (Fsp3) is 0.444. The summed E-state index contributed by atoms with van der Waals surface area (Å²) in [5.41, 5.74) is 0.283. The molecule has 1 aromatic carbocycles. The van der Waals surface area contributed by atoms with Crippen molar-refractivity contribution in [2.75, 3.05) is 6.54 Å². The second kappa shape index (κ2) is 5.89. The molecule has 1 atom stereocenters. The summed E-state index contributed by atoms with van der Waals surface area (Å²) >= 11 is 0. The Morgan fingerprint density at radius 1 is 1.24 bits per heavy atom. The third-order valence-corrected chi connectivity index (χ3v) is 4.87. The molecule has 2 fully saturated rings. The summed E-state index contributed by atoms with van der Waals surface area (Å²) in [5.74, 6) is 0.983. The zero-order valence-corrected chi connectivity index (χ0v) is 13.5. The Labute approximate surface area is 143 Å². The molecule has 4 nitrogen and oxygen atoms in total. The van der Waals surface area contributed by atoms with Crippen LogP contribution >= 0.6 is 0 Å². The molecule has 1 N–H and O–H groups in total. The van der Waals surface area contributed by atoms with Gasteiger partial charge in [0.1, 0.15) is 5.82 Å². The Hall–Kier alpha value is -2.31. The van der Waals surface area contributed by atoms with Crippen molar-refractivity contribution < 1.29 is 18.0 Å². The summed E-state index contributed by atoms with van der Waals surface area (Å²) in [6.45, 7) is 0.722. The minimum absolute atomic E-state index is 0.104. The molecule has 25 heavy (non-hydrogen) atoms. The molecule has 1 saturated heterocycles. The first-order valence-electron chi connectivity index (χ1n) is 8.46. The number of aromatic nitrogens is 2. The highest BCUT2D eigenvalue weighted by Crippen LogP contribution is 2.38. The van der Waals surface area contributed by atoms with Crippen LogP contribution in [0.25, 0.3) is 11.3 Å². The van der Waals surface area contributed by atoms with E-state index in [0.29, 0.717) is 17.1 Å². The van der Waals surface area contributed by atoms with Crippen LogP contribution in [0, 0.1) is 5.92 Å². The lowest BCUT2D eigenvalue weighted by Gasteiger charge is -2.23. The second-order valence-electron chi connectivity index (χ2n) is 6.72. The van der Waals surface area contributed by atoms with Gasteiger partial charge in [0, 0.05) is 18.0 Å². The van der Waals surface area contributed by atoms with Gasteiger partial charge in [-0.15, -0.1) is 0 Å². The summed E-state index contributed by atoms with van der Waals surface area (Å²) in [4.78, 5) is 21.7. The van der Waals surface area contributed by atoms with E-state index >= 15 is 0 Å². The van der Waals surface area contributed by atoms with Crippen LogP contribution in [0.15, 0.2) is 30.5 Å². The smallest absolute Gasteiger partial charge is 0.340 e. The number of amides is 1. The molecule has 0 spiro atoms. The van der Waals surface area contributed by atoms with Gasteiger partial charge in [-0.3, -0.25) is 4.79 Å². The molecule has 2 aromatic rings. The van der Waals surface area contributed by atoms with Gasteiger partial charge in [-0.1, -0.05) is 12.1 Å². The average molecular weight is 349 g/mol. The maximum absolute atomic E-state index is 12.9. The van der Waals surface area contributed by atoms with Crippen LogP contribution in [0.2, 0.25) is 0 Å². The standard InChI is InChI=1S/C18H18F3N3O/c19-18(20,21)13-4-1-3-12(9-13)14-10-22-16(23-14)15-5-2-8-24(15)17(25)11-6-7-11/h1,3-4,9-11,15H,2,5-8H2,(H,22,23)/t15-/m1/s1. The highest BCUT2D eigenvalue weighted by molar-refractivity contribution is 5.81. The van der Waals surface area contributed by atoms with Crippen molar-refractivity contribution in [2.45, 2.75) is 37.9 Å². The molecule has 1 aliphatic heterocycles. The molecule has 4 rings (SSSR count). The topological polar surface area (TPSA) is 49.0 Å². The van der Waals surface area contributed by atoms with Crippen LogP contribution in [-0.4, -0.2) is 27.3 Å². The van der Waals surface area contributed by atoms with Crippen molar-refractivity contribution in [3.05, 3.63) is 41.9 Å². The van der Waals surface area contributed by atoms with Gasteiger partial charge in [0.05, 0.1) is 23.5 Å². The van der Waals surface area contributed by atoms with Crippen LogP contribution in [0.5, 0.6) is 0 Å². The molecule has 0 unspecified atom stereocenters. The van der Waals surface area contributed by atoms with Gasteiger partial charge in [0.15, 0.2) is 0 Å². The Kier molecular flexibility index (Phi) is 3.81. The summed E-state index contributed by atoms with van der Waals surface area (Å²) in [6.07, 6.45) is 0.822. The molecular formula is C18H18F3N3O. The van der Waals surface area contributed by atoms with E-state index in [9.17, 15) is 18.0 Å². The number of nitrogens with one attached hydrogen (secondary N) is 1. The van der Waals surface area contributed by atoms with Crippen LogP contribution in [-0.2, 0) is 11.0 Å². The molecule has 1 amide bonds. The van der Waals surface area contributed by atoms with Gasteiger partial charge in [-0.05, 0) is 37.8 Å². The highest BCUT2D eigenvalue weighted by Gasteiger charge is 2.39. The van der Waals surface area contributed by atoms with Crippen molar-refractivity contribution in [1.29, 1.82) is 0 Å². The van der Waals surface area contributed by atoms with Crippen LogP contribution in [0.3, 0.4) is 0 Å². The Bertz CT molecular complexity index is 795. The first-order chi connectivity index (χ1) is 11.9. The van der Waals surface area contributed by atoms with E-state index in [1.165, 1.54) is 6.07 Å². The number of nitrogens with zero attached hydrogens (tertiary/aromatic N) is 2. The summed E-state index contributed by atoms with van der Waals surface area (Å²) in [5, 5.41) is 0. The number of hydrogen-bond donors (Lipinski definition) is 1. The Morgan fingerprint density at radius 3 is 2.76 bits per heavy atom. The third-order valence-electron chi connectivity index (χ3n) is 4.87. The number of alkyl halides is 3. The van der Waals surface area contributed by atoms with Crippen molar-refractivity contribution >= 4 is 5.91 Å². The monoisotopic (exact) mass is 349 g/mol. The largest absolute Gasteiger partial charge is 0.416 e. The molecule has 1 aliphatic carbocycles. The van der Waals surface area contributed by atoms with Gasteiger partial charge < -0.3 is 9.88 Å². The minimum Gasteiger partial charge on any atom is -0.340 e. The number of halogens is 3. The first kappa shape index (κ1) is 16.2. The van der Waals surface area contributed by atoms with Gasteiger partial charge in [-0.2, -0.15) is 13.2 Å². The fourth-order valence-corrected chi connectivity index (χ4v) is 3.40. The maximum Gasteiger partial charge on any atom is 0.416 e. The van der Waals surface area contributed by atoms with Gasteiger partial charge in [0.25, 0.3) is 0 Å². The van der Waals surface area contributed by atoms with E-state index in [4.69, 9.17) is 0 Å². The normalized spacial score (nSPS) is 20.9. The average Bonchev–Trinajstić information content (AvgIpc) is 3.12. The highest BCUT2D eigenvalue weighted by atomic mass is 19.4. The van der Waals surface area contributed by atoms with Crippen molar-refractivity contribution in [2.24, 2.45) is 5.92 Å². The van der Waals surface area contributed by atoms with E-state index in [-0.39, 0.29) is 17.9 Å². The molecule has 132 valence electrons.